The average Bonchev–Trinajstić information content (AvgIpc) is 3.54. The maximum atomic E-state index is 13.5. The van der Waals surface area contributed by atoms with E-state index in [0.717, 1.165) is 52.9 Å². The normalized spacial score (nSPS) is 17.4. The molecular formula is C29H25ClN4O2. The quantitative estimate of drug-likeness (QED) is 0.334. The third-order valence-corrected chi connectivity index (χ3v) is 7.25. The second-order valence-corrected chi connectivity index (χ2v) is 9.80. The fraction of sp³-hybridized carbons (Fsp3) is 0.207. The molecule has 4 aromatic rings. The summed E-state index contributed by atoms with van der Waals surface area (Å²) < 4.78 is 5.81. The number of benzene rings is 3. The minimum Gasteiger partial charge on any atom is -0.334 e. The van der Waals surface area contributed by atoms with Crippen LogP contribution >= 0.6 is 11.6 Å². The predicted octanol–water partition coefficient (Wildman–Crippen LogP) is 6.89. The molecule has 1 aromatic heterocycles. The highest BCUT2D eigenvalue weighted by Gasteiger charge is 2.36. The maximum absolute atomic E-state index is 13.5. The number of hydrogen-bond acceptors (Lipinski definition) is 4. The molecule has 7 heteroatoms. The number of carbonyl (C=O) groups excluding carboxylic acids is 1. The lowest BCUT2D eigenvalue weighted by molar-refractivity contribution is 0.244. The number of nitrogens with zero attached hydrogens (tertiary/aromatic N) is 3. The van der Waals surface area contributed by atoms with Gasteiger partial charge in [0.05, 0.1) is 17.3 Å². The Morgan fingerprint density at radius 1 is 0.972 bits per heavy atom. The van der Waals surface area contributed by atoms with E-state index in [1.807, 2.05) is 68.4 Å². The van der Waals surface area contributed by atoms with E-state index in [1.165, 1.54) is 11.1 Å². The molecule has 2 aliphatic rings. The molecule has 1 aliphatic heterocycles. The van der Waals surface area contributed by atoms with Gasteiger partial charge in [0.25, 0.3) is 5.89 Å². The summed E-state index contributed by atoms with van der Waals surface area (Å²) in [5.74, 6) is 0.871. The first kappa shape index (κ1) is 22.6. The number of anilines is 1. The number of nitrogens with one attached hydrogen (secondary N) is 1. The van der Waals surface area contributed by atoms with Gasteiger partial charge in [0, 0.05) is 16.3 Å². The van der Waals surface area contributed by atoms with Crippen molar-refractivity contribution in [2.24, 2.45) is 0 Å². The lowest BCUT2D eigenvalue weighted by Crippen LogP contribution is -2.46. The van der Waals surface area contributed by atoms with Crippen LogP contribution in [0.3, 0.4) is 0 Å². The molecule has 0 radical (unpaired) electrons. The molecule has 1 atom stereocenters. The third kappa shape index (κ3) is 3.97. The molecule has 2 amide bonds. The summed E-state index contributed by atoms with van der Waals surface area (Å²) in [5, 5.41) is 8.05. The lowest BCUT2D eigenvalue weighted by atomic mass is 9.94. The van der Waals surface area contributed by atoms with Crippen LogP contribution in [0.15, 0.2) is 77.0 Å². The zero-order chi connectivity index (χ0) is 24.8. The van der Waals surface area contributed by atoms with Gasteiger partial charge >= 0.3 is 6.03 Å². The number of rotatable bonds is 4. The smallest absolute Gasteiger partial charge is 0.326 e. The molecule has 1 N–H and O–H groups in total. The van der Waals surface area contributed by atoms with Gasteiger partial charge in [-0.3, -0.25) is 4.90 Å². The van der Waals surface area contributed by atoms with Crippen molar-refractivity contribution in [3.05, 3.63) is 106 Å². The van der Waals surface area contributed by atoms with Crippen molar-refractivity contribution in [3.63, 3.8) is 0 Å². The number of halogens is 1. The van der Waals surface area contributed by atoms with E-state index in [1.54, 1.807) is 4.90 Å². The lowest BCUT2D eigenvalue weighted by Gasteiger charge is -2.35. The van der Waals surface area contributed by atoms with E-state index >= 15 is 0 Å². The van der Waals surface area contributed by atoms with Gasteiger partial charge in [0.2, 0.25) is 5.82 Å². The molecule has 6 nitrogen and oxygen atoms in total. The Kier molecular flexibility index (Phi) is 5.61. The first-order valence-electron chi connectivity index (χ1n) is 12.1. The molecule has 2 heterocycles. The van der Waals surface area contributed by atoms with E-state index < -0.39 is 6.04 Å². The summed E-state index contributed by atoms with van der Waals surface area (Å²) in [7, 11) is 0. The Morgan fingerprint density at radius 3 is 2.50 bits per heavy atom. The molecule has 3 aromatic carbocycles. The van der Waals surface area contributed by atoms with Crippen LogP contribution in [0.4, 0.5) is 10.5 Å². The van der Waals surface area contributed by atoms with Crippen molar-refractivity contribution in [1.82, 2.24) is 15.5 Å². The molecule has 1 aliphatic carbocycles. The second kappa shape index (κ2) is 8.95. The monoisotopic (exact) mass is 496 g/mol. The Morgan fingerprint density at radius 2 is 1.72 bits per heavy atom. The van der Waals surface area contributed by atoms with Crippen molar-refractivity contribution in [2.45, 2.75) is 39.2 Å². The van der Waals surface area contributed by atoms with Crippen LogP contribution in [0.5, 0.6) is 0 Å². The molecule has 0 spiro atoms. The average molecular weight is 497 g/mol. The zero-order valence-corrected chi connectivity index (χ0v) is 20.8. The second-order valence-electron chi connectivity index (χ2n) is 9.36. The first-order chi connectivity index (χ1) is 17.5. The molecule has 0 bridgehead atoms. The van der Waals surface area contributed by atoms with Gasteiger partial charge in [0.15, 0.2) is 0 Å². The van der Waals surface area contributed by atoms with Gasteiger partial charge in [0.1, 0.15) is 0 Å². The van der Waals surface area contributed by atoms with Crippen molar-refractivity contribution in [2.75, 3.05) is 4.90 Å². The van der Waals surface area contributed by atoms with Gasteiger partial charge in [-0.15, -0.1) is 0 Å². The standard InChI is InChI=1S/C29H25ClN4O2/c1-17-6-8-21(9-7-17)27-32-28(36-33-27)25-18(2)34(24-15-12-19-4-3-5-22(19)16-24)29(35)31-26(25)20-10-13-23(30)14-11-20/h6-16,26H,3-5H2,1-2H3,(H,31,35). The zero-order valence-electron chi connectivity index (χ0n) is 20.1. The largest absolute Gasteiger partial charge is 0.334 e. The number of aryl methyl sites for hydroxylation is 3. The molecule has 0 saturated carbocycles. The highest BCUT2D eigenvalue weighted by atomic mass is 35.5. The van der Waals surface area contributed by atoms with E-state index in [2.05, 4.69) is 22.6 Å². The van der Waals surface area contributed by atoms with Gasteiger partial charge in [-0.1, -0.05) is 64.8 Å². The minimum absolute atomic E-state index is 0.201. The Balaban J connectivity index is 1.48. The van der Waals surface area contributed by atoms with Crippen LogP contribution < -0.4 is 10.2 Å². The molecule has 0 saturated heterocycles. The Hall–Kier alpha value is -3.90. The summed E-state index contributed by atoms with van der Waals surface area (Å²) in [5.41, 5.74) is 7.89. The van der Waals surface area contributed by atoms with Gasteiger partial charge < -0.3 is 9.84 Å². The van der Waals surface area contributed by atoms with Gasteiger partial charge in [-0.2, -0.15) is 4.98 Å². The number of allylic oxidation sites excluding steroid dienone is 1. The number of fused-ring (bicyclic) bond motifs is 1. The van der Waals surface area contributed by atoms with Crippen LogP contribution in [-0.2, 0) is 12.8 Å². The summed E-state index contributed by atoms with van der Waals surface area (Å²) in [6, 6.07) is 21.0. The SMILES string of the molecule is CC1=C(c2nc(-c3ccc(C)cc3)no2)C(c2ccc(Cl)cc2)NC(=O)N1c1ccc2c(c1)CCC2. The van der Waals surface area contributed by atoms with Crippen molar-refractivity contribution in [3.8, 4) is 11.4 Å². The van der Waals surface area contributed by atoms with Crippen LogP contribution in [0.25, 0.3) is 17.0 Å². The number of carbonyl (C=O) groups is 1. The highest BCUT2D eigenvalue weighted by Crippen LogP contribution is 2.40. The van der Waals surface area contributed by atoms with Crippen molar-refractivity contribution >= 4 is 28.9 Å². The summed E-state index contributed by atoms with van der Waals surface area (Å²) in [6.07, 6.45) is 3.27. The van der Waals surface area contributed by atoms with Crippen molar-refractivity contribution < 1.29 is 9.32 Å². The summed E-state index contributed by atoms with van der Waals surface area (Å²) >= 11 is 6.14. The van der Waals surface area contributed by atoms with E-state index in [4.69, 9.17) is 21.1 Å². The number of amides is 2. The maximum Gasteiger partial charge on any atom is 0.326 e. The van der Waals surface area contributed by atoms with Crippen molar-refractivity contribution in [1.29, 1.82) is 0 Å². The Bertz CT molecular complexity index is 1490. The summed E-state index contributed by atoms with van der Waals surface area (Å²) in [4.78, 5) is 19.9. The topological polar surface area (TPSA) is 71.3 Å². The third-order valence-electron chi connectivity index (χ3n) is 6.99. The Labute approximate surface area is 214 Å². The number of hydrogen-bond donors (Lipinski definition) is 1. The fourth-order valence-corrected chi connectivity index (χ4v) is 5.21. The van der Waals surface area contributed by atoms with Gasteiger partial charge in [-0.25, -0.2) is 4.79 Å². The summed E-state index contributed by atoms with van der Waals surface area (Å²) in [6.45, 7) is 3.97. The van der Waals surface area contributed by atoms with E-state index in [0.29, 0.717) is 16.7 Å². The number of aromatic nitrogens is 2. The number of urea groups is 1. The molecule has 1 unspecified atom stereocenters. The predicted molar refractivity (Wildman–Crippen MR) is 141 cm³/mol. The van der Waals surface area contributed by atoms with Crippen LogP contribution in [0, 0.1) is 6.92 Å². The molecule has 6 rings (SSSR count). The van der Waals surface area contributed by atoms with Gasteiger partial charge in [-0.05, 0) is 74.1 Å². The van der Waals surface area contributed by atoms with Crippen LogP contribution in [-0.4, -0.2) is 16.2 Å². The molecular weight excluding hydrogens is 472 g/mol. The minimum atomic E-state index is -0.466. The highest BCUT2D eigenvalue weighted by molar-refractivity contribution is 6.30. The molecule has 36 heavy (non-hydrogen) atoms. The van der Waals surface area contributed by atoms with Crippen LogP contribution in [0.1, 0.15) is 47.5 Å². The van der Waals surface area contributed by atoms with E-state index in [9.17, 15) is 4.79 Å². The molecule has 180 valence electrons. The first-order valence-corrected chi connectivity index (χ1v) is 12.5. The van der Waals surface area contributed by atoms with Crippen LogP contribution in [0.2, 0.25) is 5.02 Å². The van der Waals surface area contributed by atoms with E-state index in [-0.39, 0.29) is 6.03 Å². The fourth-order valence-electron chi connectivity index (χ4n) is 5.09. The molecule has 0 fully saturated rings.